The number of ether oxygens (including phenoxy) is 1. The second-order valence-electron chi connectivity index (χ2n) is 10.1. The van der Waals surface area contributed by atoms with E-state index in [1.54, 1.807) is 0 Å². The van der Waals surface area contributed by atoms with Gasteiger partial charge in [-0.1, -0.05) is 40.8 Å². The van der Waals surface area contributed by atoms with Crippen LogP contribution < -0.4 is 19.8 Å². The van der Waals surface area contributed by atoms with Crippen LogP contribution in [0.4, 0.5) is 30.2 Å². The van der Waals surface area contributed by atoms with Gasteiger partial charge in [-0.05, 0) is 48.5 Å². The summed E-state index contributed by atoms with van der Waals surface area (Å²) in [5.41, 5.74) is -0.867. The molecule has 0 saturated carbocycles. The van der Waals surface area contributed by atoms with Gasteiger partial charge >= 0.3 is 11.0 Å². The minimum absolute atomic E-state index is 0.0834. The summed E-state index contributed by atoms with van der Waals surface area (Å²) in [7, 11) is 0. The van der Waals surface area contributed by atoms with E-state index in [9.17, 15) is 42.5 Å². The maximum Gasteiger partial charge on any atom is 0.416 e. The Bertz CT molecular complexity index is 1970. The lowest BCUT2D eigenvalue weighted by Gasteiger charge is -2.31. The number of nitrogens with one attached hydrogen (secondary N) is 2. The maximum atomic E-state index is 14.0. The topological polar surface area (TPSA) is 152 Å². The van der Waals surface area contributed by atoms with Gasteiger partial charge in [0.2, 0.25) is 11.8 Å². The molecule has 2 aliphatic rings. The van der Waals surface area contributed by atoms with Crippen LogP contribution in [0, 0.1) is 16.0 Å². The number of amides is 3. The molecule has 4 aromatic rings. The first-order valence-corrected chi connectivity index (χ1v) is 15.3. The number of aromatic nitrogens is 1. The number of fused-ring (bicyclic) bond motifs is 2. The number of halogens is 4. The number of hydrogen-bond acceptors (Lipinski definition) is 9. The number of anilines is 2. The summed E-state index contributed by atoms with van der Waals surface area (Å²) < 4.78 is 45.1. The Morgan fingerprint density at radius 3 is 2.50 bits per heavy atom. The highest BCUT2D eigenvalue weighted by atomic mass is 35.5. The number of alkyl halides is 3. The first-order valence-electron chi connectivity index (χ1n) is 13.2. The first kappa shape index (κ1) is 31.3. The Balaban J connectivity index is 1.32. The van der Waals surface area contributed by atoms with Crippen LogP contribution in [0.15, 0.2) is 76.6 Å². The number of imide groups is 1. The molecule has 6 rings (SSSR count). The molecule has 2 N–H and O–H groups in total. The molecular weight excluding hydrogens is 673 g/mol. The van der Waals surface area contributed by atoms with Crippen molar-refractivity contribution in [1.82, 2.24) is 4.98 Å². The van der Waals surface area contributed by atoms with E-state index in [0.717, 1.165) is 46.2 Å². The quantitative estimate of drug-likeness (QED) is 0.140. The number of rotatable bonds is 7. The second kappa shape index (κ2) is 11.9. The van der Waals surface area contributed by atoms with Crippen molar-refractivity contribution in [2.45, 2.75) is 22.4 Å². The maximum absolute atomic E-state index is 14.0. The first-order chi connectivity index (χ1) is 21.8. The molecule has 3 amide bonds. The Kier molecular flexibility index (Phi) is 8.12. The third-order valence-electron chi connectivity index (χ3n) is 7.28. The Labute approximate surface area is 269 Å². The van der Waals surface area contributed by atoms with Crippen molar-refractivity contribution < 1.29 is 37.2 Å². The predicted molar refractivity (Wildman–Crippen MR) is 163 cm³/mol. The Morgan fingerprint density at radius 1 is 1.07 bits per heavy atom. The molecule has 1 fully saturated rings. The van der Waals surface area contributed by atoms with Crippen LogP contribution in [-0.2, 0) is 20.6 Å². The van der Waals surface area contributed by atoms with E-state index in [4.69, 9.17) is 16.3 Å². The van der Waals surface area contributed by atoms with Crippen molar-refractivity contribution in [1.29, 1.82) is 0 Å². The molecule has 1 saturated heterocycles. The summed E-state index contributed by atoms with van der Waals surface area (Å²) in [5.74, 6) is -3.92. The number of carbonyl (C=O) groups is 3. The highest BCUT2D eigenvalue weighted by molar-refractivity contribution is 8.00. The number of non-ortho nitro benzene ring substituents is 1. The fourth-order valence-corrected chi connectivity index (χ4v) is 8.02. The number of hydrogen-bond donors (Lipinski definition) is 2. The van der Waals surface area contributed by atoms with Crippen LogP contribution in [0.1, 0.15) is 21.9 Å². The van der Waals surface area contributed by atoms with Gasteiger partial charge in [-0.3, -0.25) is 29.3 Å². The lowest BCUT2D eigenvalue weighted by molar-refractivity contribution is -0.384. The highest BCUT2D eigenvalue weighted by Crippen LogP contribution is 2.54. The molecule has 3 atom stereocenters. The number of nitrogens with zero attached hydrogens (tertiary/aromatic N) is 2. The molecule has 0 radical (unpaired) electrons. The second-order valence-corrected chi connectivity index (χ2v) is 12.7. The number of aromatic amines is 1. The molecule has 0 aliphatic carbocycles. The molecule has 3 heterocycles. The van der Waals surface area contributed by atoms with Crippen LogP contribution in [0.25, 0.3) is 0 Å². The molecule has 0 bridgehead atoms. The van der Waals surface area contributed by atoms with Crippen LogP contribution >= 0.6 is 34.7 Å². The summed E-state index contributed by atoms with van der Waals surface area (Å²) in [6.45, 7) is -0.640. The van der Waals surface area contributed by atoms with Crippen LogP contribution in [-0.4, -0.2) is 39.5 Å². The van der Waals surface area contributed by atoms with E-state index in [1.807, 2.05) is 0 Å². The van der Waals surface area contributed by atoms with Gasteiger partial charge in [0, 0.05) is 39.2 Å². The molecule has 3 aromatic carbocycles. The van der Waals surface area contributed by atoms with Gasteiger partial charge in [-0.15, -0.1) is 0 Å². The van der Waals surface area contributed by atoms with Crippen molar-refractivity contribution in [2.75, 3.05) is 16.8 Å². The third-order valence-corrected chi connectivity index (χ3v) is 9.92. The molecule has 2 aliphatic heterocycles. The van der Waals surface area contributed by atoms with Gasteiger partial charge in [0.15, 0.2) is 6.61 Å². The van der Waals surface area contributed by atoms with Crippen molar-refractivity contribution in [2.24, 2.45) is 5.92 Å². The number of thioether (sulfide) groups is 1. The lowest BCUT2D eigenvalue weighted by Crippen LogP contribution is -2.32. The molecule has 0 spiro atoms. The fourth-order valence-electron chi connectivity index (χ4n) is 5.34. The SMILES string of the molecule is O=C(COc1ccc(Cl)cc1[C@@H]1c2sc(=O)[nH]c2S[C@H]2C(=O)N(c3ccc([N+](=O)[O-])cc3)C(=O)[C@@H]12)Nc1cccc(C(F)(F)F)c1. The highest BCUT2D eigenvalue weighted by Gasteiger charge is 2.57. The van der Waals surface area contributed by atoms with Crippen molar-refractivity contribution in [3.63, 3.8) is 0 Å². The normalized spacial score (nSPS) is 19.0. The van der Waals surface area contributed by atoms with Gasteiger partial charge in [-0.25, -0.2) is 4.90 Å². The molecule has 1 aromatic heterocycles. The van der Waals surface area contributed by atoms with Gasteiger partial charge in [0.25, 0.3) is 11.6 Å². The zero-order valence-electron chi connectivity index (χ0n) is 22.9. The number of benzene rings is 3. The predicted octanol–water partition coefficient (Wildman–Crippen LogP) is 5.83. The number of nitro benzene ring substituents is 1. The fraction of sp³-hybridized carbons (Fsp3) is 0.172. The monoisotopic (exact) mass is 690 g/mol. The molecule has 11 nitrogen and oxygen atoms in total. The van der Waals surface area contributed by atoms with E-state index < -0.39 is 63.0 Å². The van der Waals surface area contributed by atoms with Gasteiger partial charge < -0.3 is 15.0 Å². The number of thiazole rings is 1. The summed E-state index contributed by atoms with van der Waals surface area (Å²) in [5, 5.41) is 13.1. The van der Waals surface area contributed by atoms with Crippen molar-refractivity contribution in [3.05, 3.63) is 108 Å². The van der Waals surface area contributed by atoms with Gasteiger partial charge in [-0.2, -0.15) is 13.2 Å². The van der Waals surface area contributed by atoms with E-state index in [-0.39, 0.29) is 33.4 Å². The van der Waals surface area contributed by atoms with Crippen LogP contribution in [0.2, 0.25) is 5.02 Å². The van der Waals surface area contributed by atoms with Gasteiger partial charge in [0.05, 0.1) is 27.1 Å². The minimum Gasteiger partial charge on any atom is -0.483 e. The third kappa shape index (κ3) is 5.86. The van der Waals surface area contributed by atoms with E-state index >= 15 is 0 Å². The average molecular weight is 691 g/mol. The smallest absolute Gasteiger partial charge is 0.416 e. The average Bonchev–Trinajstić information content (AvgIpc) is 3.50. The molecule has 236 valence electrons. The summed E-state index contributed by atoms with van der Waals surface area (Å²) >= 11 is 8.19. The standard InChI is InChI=1S/C29H18ClF3N4O7S2/c30-14-4-9-19(44-12-20(38)34-15-3-1-2-13(10-15)29(31,32)33)18(11-14)21-22-24(45-25-23(21)46-28(41)35-25)27(40)36(26(22)39)16-5-7-17(8-6-16)37(42)43/h1-11,21-22,24H,12H2,(H,34,38)(H,35,41)/t21-,22-,24+/m0/s1. The van der Waals surface area contributed by atoms with Crippen LogP contribution in [0.3, 0.4) is 0 Å². The summed E-state index contributed by atoms with van der Waals surface area (Å²) in [6, 6.07) is 13.4. The van der Waals surface area contributed by atoms with Crippen molar-refractivity contribution in [3.8, 4) is 5.75 Å². The summed E-state index contributed by atoms with van der Waals surface area (Å²) in [6.07, 6.45) is -4.61. The molecule has 46 heavy (non-hydrogen) atoms. The van der Waals surface area contributed by atoms with Crippen LogP contribution in [0.5, 0.6) is 5.75 Å². The van der Waals surface area contributed by atoms with E-state index in [2.05, 4.69) is 10.3 Å². The largest absolute Gasteiger partial charge is 0.483 e. The van der Waals surface area contributed by atoms with Crippen molar-refractivity contribution >= 4 is 69.5 Å². The van der Waals surface area contributed by atoms with E-state index in [1.165, 1.54) is 48.5 Å². The number of nitro groups is 1. The zero-order valence-corrected chi connectivity index (χ0v) is 25.3. The minimum atomic E-state index is -4.61. The van der Waals surface area contributed by atoms with Gasteiger partial charge in [0.1, 0.15) is 11.0 Å². The molecule has 0 unspecified atom stereocenters. The Hall–Kier alpha value is -4.67. The lowest BCUT2D eigenvalue weighted by atomic mass is 9.82. The van der Waals surface area contributed by atoms with E-state index in [0.29, 0.717) is 9.90 Å². The molecular formula is C29H18ClF3N4O7S2. The number of carbonyl (C=O) groups excluding carboxylic acids is 3. The zero-order chi connectivity index (χ0) is 32.9. The Morgan fingerprint density at radius 2 is 1.80 bits per heavy atom. The number of H-pyrrole nitrogens is 1. The molecule has 17 heteroatoms. The summed E-state index contributed by atoms with van der Waals surface area (Å²) in [4.78, 5) is 67.0.